The topological polar surface area (TPSA) is 108 Å². The molecule has 0 aliphatic rings. The van der Waals surface area contributed by atoms with Crippen molar-refractivity contribution in [2.75, 3.05) is 6.61 Å². The van der Waals surface area contributed by atoms with Gasteiger partial charge in [0.15, 0.2) is 6.29 Å². The van der Waals surface area contributed by atoms with Crippen LogP contribution in [-0.2, 0) is 19.3 Å². The van der Waals surface area contributed by atoms with Crippen LogP contribution in [0.2, 0.25) is 0 Å². The molecular weight excluding hydrogens is 186 g/mol. The van der Waals surface area contributed by atoms with E-state index in [-0.39, 0.29) is 6.15 Å². The lowest BCUT2D eigenvalue weighted by atomic mass is 10.5. The Kier molecular flexibility index (Phi) is 7.54. The van der Waals surface area contributed by atoms with Gasteiger partial charge in [-0.3, -0.25) is 4.55 Å². The van der Waals surface area contributed by atoms with E-state index in [2.05, 4.69) is 4.18 Å². The lowest BCUT2D eigenvalue weighted by molar-refractivity contribution is -0.0778. The van der Waals surface area contributed by atoms with Gasteiger partial charge >= 0.3 is 10.4 Å². The first-order valence-corrected chi connectivity index (χ1v) is 4.63. The molecule has 1 unspecified atom stereocenters. The summed E-state index contributed by atoms with van der Waals surface area (Å²) in [5.74, 6) is 0. The molecule has 0 saturated heterocycles. The zero-order chi connectivity index (χ0) is 8.91. The van der Waals surface area contributed by atoms with Crippen LogP contribution < -0.4 is 6.15 Å². The van der Waals surface area contributed by atoms with Crippen molar-refractivity contribution >= 4 is 10.4 Å². The highest BCUT2D eigenvalue weighted by molar-refractivity contribution is 7.80. The van der Waals surface area contributed by atoms with Crippen LogP contribution in [0.1, 0.15) is 20.3 Å². The van der Waals surface area contributed by atoms with Gasteiger partial charge in [-0.15, -0.1) is 0 Å². The summed E-state index contributed by atoms with van der Waals surface area (Å²) in [4.78, 5) is 0. The molecule has 7 heteroatoms. The smallest absolute Gasteiger partial charge is 0.352 e. The summed E-state index contributed by atoms with van der Waals surface area (Å²) in [6.45, 7) is 3.73. The van der Waals surface area contributed by atoms with Crippen LogP contribution in [0.3, 0.4) is 0 Å². The van der Waals surface area contributed by atoms with Crippen molar-refractivity contribution in [3.8, 4) is 0 Å². The predicted molar refractivity (Wildman–Crippen MR) is 43.4 cm³/mol. The van der Waals surface area contributed by atoms with Crippen LogP contribution in [0.15, 0.2) is 0 Å². The van der Waals surface area contributed by atoms with Gasteiger partial charge in [0.25, 0.3) is 0 Å². The molecule has 76 valence electrons. The molecule has 0 radical (unpaired) electrons. The van der Waals surface area contributed by atoms with E-state index in [1.54, 1.807) is 13.8 Å². The number of ether oxygens (including phenoxy) is 1. The fourth-order valence-corrected chi connectivity index (χ4v) is 0.998. The number of hydrogen-bond donors (Lipinski definition) is 2. The third-order valence-corrected chi connectivity index (χ3v) is 1.37. The summed E-state index contributed by atoms with van der Waals surface area (Å²) in [6.07, 6.45) is -0.511. The first-order chi connectivity index (χ1) is 4.99. The van der Waals surface area contributed by atoms with E-state index in [4.69, 9.17) is 9.29 Å². The highest BCUT2D eigenvalue weighted by Crippen LogP contribution is 2.03. The molecule has 6 nitrogen and oxygen atoms in total. The predicted octanol–water partition coefficient (Wildman–Crippen LogP) is 0.740. The maximum Gasteiger partial charge on any atom is 0.399 e. The molecule has 0 aromatic heterocycles. The minimum atomic E-state index is -4.38. The fourth-order valence-electron chi connectivity index (χ4n) is 0.535. The van der Waals surface area contributed by atoms with Gasteiger partial charge in [0.05, 0.1) is 0 Å². The van der Waals surface area contributed by atoms with Gasteiger partial charge in [-0.1, -0.05) is 6.92 Å². The Morgan fingerprint density at radius 2 is 1.92 bits per heavy atom. The van der Waals surface area contributed by atoms with Crippen molar-refractivity contribution < 1.29 is 21.9 Å². The average Bonchev–Trinajstić information content (AvgIpc) is 1.84. The van der Waals surface area contributed by atoms with Gasteiger partial charge in [0, 0.05) is 6.61 Å². The maximum atomic E-state index is 10.1. The summed E-state index contributed by atoms with van der Waals surface area (Å²) in [7, 11) is -4.38. The Labute approximate surface area is 72.4 Å². The highest BCUT2D eigenvalue weighted by atomic mass is 32.3. The van der Waals surface area contributed by atoms with Crippen molar-refractivity contribution in [3.05, 3.63) is 0 Å². The standard InChI is InChI=1S/C5H12O5S.H3N/c1-3-5(9-4-2)10-11(6,7)8;/h5H,3-4H2,1-2H3,(H,6,7,8);1H3. The van der Waals surface area contributed by atoms with Crippen LogP contribution in [0.4, 0.5) is 0 Å². The molecule has 0 aliphatic heterocycles. The third-order valence-electron chi connectivity index (χ3n) is 0.915. The first-order valence-electron chi connectivity index (χ1n) is 3.27. The van der Waals surface area contributed by atoms with Crippen molar-refractivity contribution in [1.29, 1.82) is 0 Å². The van der Waals surface area contributed by atoms with Crippen LogP contribution >= 0.6 is 0 Å². The van der Waals surface area contributed by atoms with Gasteiger partial charge in [-0.05, 0) is 13.3 Å². The van der Waals surface area contributed by atoms with E-state index in [0.29, 0.717) is 13.0 Å². The van der Waals surface area contributed by atoms with Gasteiger partial charge < -0.3 is 10.9 Å². The Bertz CT molecular complexity index is 190. The summed E-state index contributed by atoms with van der Waals surface area (Å²) in [5, 5.41) is 0. The monoisotopic (exact) mass is 201 g/mol. The normalized spacial score (nSPS) is 13.6. The molecule has 0 saturated carbocycles. The molecular formula is C5H15NO5S. The van der Waals surface area contributed by atoms with E-state index in [0.717, 1.165) is 0 Å². The number of rotatable bonds is 5. The molecule has 0 amide bonds. The average molecular weight is 201 g/mol. The van der Waals surface area contributed by atoms with E-state index in [1.165, 1.54) is 0 Å². The summed E-state index contributed by atoms with van der Waals surface area (Å²) in [5.41, 5.74) is 0. The van der Waals surface area contributed by atoms with Gasteiger partial charge in [-0.25, -0.2) is 4.18 Å². The molecule has 0 aliphatic carbocycles. The maximum absolute atomic E-state index is 10.1. The minimum Gasteiger partial charge on any atom is -0.352 e. The van der Waals surface area contributed by atoms with E-state index in [1.807, 2.05) is 0 Å². The molecule has 0 spiro atoms. The molecule has 1 atom stereocenters. The molecule has 0 bridgehead atoms. The molecule has 0 rings (SSSR count). The number of hydrogen-bond acceptors (Lipinski definition) is 5. The molecule has 0 aromatic rings. The molecule has 0 aromatic carbocycles. The van der Waals surface area contributed by atoms with Gasteiger partial charge in [-0.2, -0.15) is 8.42 Å². The highest BCUT2D eigenvalue weighted by Gasteiger charge is 2.14. The second-order valence-corrected chi connectivity index (χ2v) is 2.87. The van der Waals surface area contributed by atoms with Gasteiger partial charge in [0.2, 0.25) is 0 Å². The first kappa shape index (κ1) is 14.3. The minimum absolute atomic E-state index is 0. The summed E-state index contributed by atoms with van der Waals surface area (Å²) >= 11 is 0. The summed E-state index contributed by atoms with van der Waals surface area (Å²) in [6, 6.07) is 0. The van der Waals surface area contributed by atoms with Gasteiger partial charge in [0.1, 0.15) is 0 Å². The van der Waals surface area contributed by atoms with Crippen molar-refractivity contribution in [2.24, 2.45) is 0 Å². The van der Waals surface area contributed by atoms with E-state index in [9.17, 15) is 8.42 Å². The summed E-state index contributed by atoms with van der Waals surface area (Å²) < 4.78 is 37.4. The van der Waals surface area contributed by atoms with Crippen molar-refractivity contribution in [1.82, 2.24) is 6.15 Å². The Hall–Kier alpha value is -0.210. The zero-order valence-corrected chi connectivity index (χ0v) is 8.00. The van der Waals surface area contributed by atoms with Crippen LogP contribution in [0, 0.1) is 0 Å². The Morgan fingerprint density at radius 3 is 2.17 bits per heavy atom. The zero-order valence-electron chi connectivity index (χ0n) is 7.19. The van der Waals surface area contributed by atoms with Crippen molar-refractivity contribution in [2.45, 2.75) is 26.6 Å². The second kappa shape index (κ2) is 6.32. The second-order valence-electron chi connectivity index (χ2n) is 1.82. The van der Waals surface area contributed by atoms with Crippen LogP contribution in [0.5, 0.6) is 0 Å². The lowest BCUT2D eigenvalue weighted by Gasteiger charge is -2.11. The van der Waals surface area contributed by atoms with E-state index >= 15 is 0 Å². The van der Waals surface area contributed by atoms with Crippen molar-refractivity contribution in [3.63, 3.8) is 0 Å². The molecule has 4 N–H and O–H groups in total. The largest absolute Gasteiger partial charge is 0.399 e. The molecule has 0 heterocycles. The third kappa shape index (κ3) is 7.89. The van der Waals surface area contributed by atoms with Crippen LogP contribution in [-0.4, -0.2) is 25.9 Å². The Morgan fingerprint density at radius 1 is 1.42 bits per heavy atom. The van der Waals surface area contributed by atoms with E-state index < -0.39 is 16.7 Å². The Balaban J connectivity index is 0. The fraction of sp³-hybridized carbons (Fsp3) is 1.00. The molecule has 12 heavy (non-hydrogen) atoms. The molecule has 0 fully saturated rings. The SMILES string of the molecule is CCOC(CC)OS(=O)(=O)O.N. The van der Waals surface area contributed by atoms with Crippen LogP contribution in [0.25, 0.3) is 0 Å². The lowest BCUT2D eigenvalue weighted by Crippen LogP contribution is -2.20. The quantitative estimate of drug-likeness (QED) is 0.501.